The molecule has 1 unspecified atom stereocenters. The Morgan fingerprint density at radius 2 is 2.12 bits per heavy atom. The summed E-state index contributed by atoms with van der Waals surface area (Å²) in [6.45, 7) is 5.94. The molecule has 0 aromatic carbocycles. The zero-order valence-corrected chi connectivity index (χ0v) is 14.3. The molecule has 1 amide bonds. The van der Waals surface area contributed by atoms with E-state index >= 15 is 0 Å². The minimum atomic E-state index is -0.220. The first-order valence-corrected chi connectivity index (χ1v) is 8.49. The molecular formula is C18H24N4O2. The van der Waals surface area contributed by atoms with Crippen molar-refractivity contribution >= 4 is 6.09 Å². The van der Waals surface area contributed by atoms with E-state index in [1.807, 2.05) is 38.4 Å². The van der Waals surface area contributed by atoms with Gasteiger partial charge in [0, 0.05) is 50.3 Å². The van der Waals surface area contributed by atoms with Gasteiger partial charge in [0.1, 0.15) is 5.82 Å². The Labute approximate surface area is 142 Å². The van der Waals surface area contributed by atoms with E-state index in [9.17, 15) is 4.79 Å². The van der Waals surface area contributed by atoms with E-state index in [-0.39, 0.29) is 18.1 Å². The standard InChI is InChI=1S/C18H24N4O2/c1-14(2)24-18(23)22-10-3-4-16(13-22)17-20-9-11-21(17)12-15-5-7-19-8-6-15/h5-9,11,14,16H,3-4,10,12-13H2,1-2H3. The Kier molecular flexibility index (Phi) is 5.13. The topological polar surface area (TPSA) is 60.2 Å². The fourth-order valence-electron chi connectivity index (χ4n) is 3.13. The summed E-state index contributed by atoms with van der Waals surface area (Å²) in [5, 5.41) is 0. The molecule has 1 aliphatic heterocycles. The summed E-state index contributed by atoms with van der Waals surface area (Å²) >= 11 is 0. The molecule has 0 N–H and O–H groups in total. The van der Waals surface area contributed by atoms with Crippen LogP contribution in [0.25, 0.3) is 0 Å². The van der Waals surface area contributed by atoms with Gasteiger partial charge < -0.3 is 14.2 Å². The van der Waals surface area contributed by atoms with Crippen LogP contribution in [-0.2, 0) is 11.3 Å². The average Bonchev–Trinajstić information content (AvgIpc) is 3.03. The van der Waals surface area contributed by atoms with Crippen LogP contribution in [0.3, 0.4) is 0 Å². The van der Waals surface area contributed by atoms with Gasteiger partial charge in [0.15, 0.2) is 0 Å². The molecule has 0 spiro atoms. The van der Waals surface area contributed by atoms with Gasteiger partial charge in [0.2, 0.25) is 0 Å². The van der Waals surface area contributed by atoms with Crippen molar-refractivity contribution in [1.82, 2.24) is 19.4 Å². The van der Waals surface area contributed by atoms with E-state index in [0.29, 0.717) is 6.54 Å². The summed E-state index contributed by atoms with van der Waals surface area (Å²) in [6, 6.07) is 4.02. The highest BCUT2D eigenvalue weighted by Crippen LogP contribution is 2.26. The highest BCUT2D eigenvalue weighted by Gasteiger charge is 2.28. The van der Waals surface area contributed by atoms with Crippen LogP contribution in [0.5, 0.6) is 0 Å². The van der Waals surface area contributed by atoms with Gasteiger partial charge in [-0.1, -0.05) is 0 Å². The molecule has 24 heavy (non-hydrogen) atoms. The smallest absolute Gasteiger partial charge is 0.410 e. The number of amides is 1. The molecule has 1 aliphatic rings. The van der Waals surface area contributed by atoms with Crippen molar-refractivity contribution in [3.05, 3.63) is 48.3 Å². The number of imidazole rings is 1. The van der Waals surface area contributed by atoms with E-state index in [4.69, 9.17) is 4.74 Å². The first-order chi connectivity index (χ1) is 11.6. The molecule has 1 fully saturated rings. The Morgan fingerprint density at radius 1 is 1.33 bits per heavy atom. The highest BCUT2D eigenvalue weighted by atomic mass is 16.6. The fraction of sp³-hybridized carbons (Fsp3) is 0.500. The van der Waals surface area contributed by atoms with Crippen molar-refractivity contribution in [2.24, 2.45) is 0 Å². The number of ether oxygens (including phenoxy) is 1. The quantitative estimate of drug-likeness (QED) is 0.865. The summed E-state index contributed by atoms with van der Waals surface area (Å²) < 4.78 is 7.50. The van der Waals surface area contributed by atoms with E-state index in [1.54, 1.807) is 17.3 Å². The van der Waals surface area contributed by atoms with E-state index in [2.05, 4.69) is 14.5 Å². The van der Waals surface area contributed by atoms with Gasteiger partial charge in [-0.15, -0.1) is 0 Å². The molecule has 1 saturated heterocycles. The van der Waals surface area contributed by atoms with Crippen molar-refractivity contribution in [3.63, 3.8) is 0 Å². The van der Waals surface area contributed by atoms with Gasteiger partial charge in [-0.3, -0.25) is 4.98 Å². The molecule has 0 saturated carbocycles. The number of pyridine rings is 1. The van der Waals surface area contributed by atoms with E-state index in [1.165, 1.54) is 5.56 Å². The number of hydrogen-bond donors (Lipinski definition) is 0. The van der Waals surface area contributed by atoms with Gasteiger partial charge in [-0.2, -0.15) is 0 Å². The zero-order valence-electron chi connectivity index (χ0n) is 14.3. The van der Waals surface area contributed by atoms with Crippen LogP contribution in [0.4, 0.5) is 4.79 Å². The third-order valence-corrected chi connectivity index (χ3v) is 4.23. The molecule has 6 nitrogen and oxygen atoms in total. The van der Waals surface area contributed by atoms with Crippen molar-refractivity contribution in [1.29, 1.82) is 0 Å². The van der Waals surface area contributed by atoms with Gasteiger partial charge in [0.25, 0.3) is 0 Å². The van der Waals surface area contributed by atoms with E-state index < -0.39 is 0 Å². The molecule has 2 aromatic heterocycles. The number of likely N-dealkylation sites (tertiary alicyclic amines) is 1. The van der Waals surface area contributed by atoms with Crippen LogP contribution >= 0.6 is 0 Å². The maximum atomic E-state index is 12.2. The van der Waals surface area contributed by atoms with Gasteiger partial charge in [-0.25, -0.2) is 9.78 Å². The summed E-state index contributed by atoms with van der Waals surface area (Å²) in [4.78, 5) is 22.6. The van der Waals surface area contributed by atoms with Crippen LogP contribution in [0.15, 0.2) is 36.9 Å². The van der Waals surface area contributed by atoms with Crippen LogP contribution < -0.4 is 0 Å². The number of aromatic nitrogens is 3. The normalized spacial score (nSPS) is 18.0. The zero-order chi connectivity index (χ0) is 16.9. The lowest BCUT2D eigenvalue weighted by Gasteiger charge is -2.32. The average molecular weight is 328 g/mol. The predicted molar refractivity (Wildman–Crippen MR) is 90.7 cm³/mol. The Hall–Kier alpha value is -2.37. The third-order valence-electron chi connectivity index (χ3n) is 4.23. The van der Waals surface area contributed by atoms with Crippen LogP contribution in [0.2, 0.25) is 0 Å². The summed E-state index contributed by atoms with van der Waals surface area (Å²) in [5.41, 5.74) is 1.19. The van der Waals surface area contributed by atoms with Crippen LogP contribution in [0.1, 0.15) is 44.0 Å². The lowest BCUT2D eigenvalue weighted by molar-refractivity contribution is 0.0675. The number of rotatable bonds is 4. The molecule has 0 radical (unpaired) electrons. The maximum absolute atomic E-state index is 12.2. The molecule has 6 heteroatoms. The Morgan fingerprint density at radius 3 is 2.88 bits per heavy atom. The largest absolute Gasteiger partial charge is 0.447 e. The summed E-state index contributed by atoms with van der Waals surface area (Å²) in [6.07, 6.45) is 9.14. The lowest BCUT2D eigenvalue weighted by atomic mass is 9.97. The molecule has 128 valence electrons. The summed E-state index contributed by atoms with van der Waals surface area (Å²) in [5.74, 6) is 1.28. The van der Waals surface area contributed by atoms with Crippen molar-refractivity contribution in [3.8, 4) is 0 Å². The second-order valence-electron chi connectivity index (χ2n) is 6.49. The molecule has 2 aromatic rings. The molecule has 3 heterocycles. The predicted octanol–water partition coefficient (Wildman–Crippen LogP) is 3.05. The number of hydrogen-bond acceptors (Lipinski definition) is 4. The Balaban J connectivity index is 1.70. The molecule has 1 atom stereocenters. The molecule has 0 aliphatic carbocycles. The summed E-state index contributed by atoms with van der Waals surface area (Å²) in [7, 11) is 0. The minimum Gasteiger partial charge on any atom is -0.447 e. The second-order valence-corrected chi connectivity index (χ2v) is 6.49. The second kappa shape index (κ2) is 7.47. The van der Waals surface area contributed by atoms with Crippen LogP contribution in [-0.4, -0.2) is 44.7 Å². The fourth-order valence-corrected chi connectivity index (χ4v) is 3.13. The van der Waals surface area contributed by atoms with Gasteiger partial charge in [-0.05, 0) is 44.4 Å². The number of carbonyl (C=O) groups is 1. The third kappa shape index (κ3) is 3.93. The number of piperidine rings is 1. The van der Waals surface area contributed by atoms with Crippen molar-refractivity contribution in [2.45, 2.75) is 45.3 Å². The SMILES string of the molecule is CC(C)OC(=O)N1CCCC(c2nccn2Cc2ccncc2)C1. The molecule has 3 rings (SSSR count). The lowest BCUT2D eigenvalue weighted by Crippen LogP contribution is -2.40. The minimum absolute atomic E-state index is 0.0912. The van der Waals surface area contributed by atoms with Crippen LogP contribution in [0, 0.1) is 0 Å². The highest BCUT2D eigenvalue weighted by molar-refractivity contribution is 5.68. The maximum Gasteiger partial charge on any atom is 0.410 e. The van der Waals surface area contributed by atoms with Gasteiger partial charge in [0.05, 0.1) is 6.10 Å². The van der Waals surface area contributed by atoms with Gasteiger partial charge >= 0.3 is 6.09 Å². The number of carbonyl (C=O) groups excluding carboxylic acids is 1. The Bertz CT molecular complexity index is 669. The monoisotopic (exact) mass is 328 g/mol. The molecule has 0 bridgehead atoms. The van der Waals surface area contributed by atoms with Crippen molar-refractivity contribution in [2.75, 3.05) is 13.1 Å². The molecular weight excluding hydrogens is 304 g/mol. The number of nitrogens with zero attached hydrogens (tertiary/aromatic N) is 4. The van der Waals surface area contributed by atoms with E-state index in [0.717, 1.165) is 31.8 Å². The first kappa shape index (κ1) is 16.5. The first-order valence-electron chi connectivity index (χ1n) is 8.49. The van der Waals surface area contributed by atoms with Crippen molar-refractivity contribution < 1.29 is 9.53 Å².